The quantitative estimate of drug-likeness (QED) is 0.693. The van der Waals surface area contributed by atoms with Crippen LogP contribution in [0.1, 0.15) is 26.4 Å². The Morgan fingerprint density at radius 2 is 1.70 bits per heavy atom. The number of hydrogen-bond donors (Lipinski definition) is 1. The standard InChI is InChI=1S/C19H17N3O5/c1-26-18(24)12-7-13(19(25)27-2)9-14(8-12)21-17(23)10-15-11-22-6-4-3-5-16(22)20-15/h3-9,11H,10H2,1-2H3,(H,21,23). The molecule has 0 atom stereocenters. The van der Waals surface area contributed by atoms with Crippen LogP contribution in [-0.4, -0.2) is 41.5 Å². The summed E-state index contributed by atoms with van der Waals surface area (Å²) in [5, 5.41) is 2.67. The Morgan fingerprint density at radius 1 is 1.04 bits per heavy atom. The first-order valence-electron chi connectivity index (χ1n) is 8.04. The van der Waals surface area contributed by atoms with Crippen molar-refractivity contribution in [1.82, 2.24) is 9.38 Å². The van der Waals surface area contributed by atoms with Crippen molar-refractivity contribution in [2.24, 2.45) is 0 Å². The molecule has 0 aliphatic rings. The van der Waals surface area contributed by atoms with Crippen molar-refractivity contribution >= 4 is 29.2 Å². The van der Waals surface area contributed by atoms with E-state index in [2.05, 4.69) is 19.8 Å². The van der Waals surface area contributed by atoms with Gasteiger partial charge in [0.25, 0.3) is 0 Å². The van der Waals surface area contributed by atoms with Crippen LogP contribution in [0.3, 0.4) is 0 Å². The summed E-state index contributed by atoms with van der Waals surface area (Å²) in [5.74, 6) is -1.59. The van der Waals surface area contributed by atoms with Gasteiger partial charge in [0.05, 0.1) is 37.5 Å². The van der Waals surface area contributed by atoms with Crippen molar-refractivity contribution in [2.45, 2.75) is 6.42 Å². The molecule has 1 amide bonds. The molecule has 0 saturated heterocycles. The van der Waals surface area contributed by atoms with Crippen molar-refractivity contribution in [3.8, 4) is 0 Å². The molecule has 8 nitrogen and oxygen atoms in total. The third-order valence-corrected chi connectivity index (χ3v) is 3.81. The van der Waals surface area contributed by atoms with Crippen molar-refractivity contribution < 1.29 is 23.9 Å². The maximum absolute atomic E-state index is 12.4. The lowest BCUT2D eigenvalue weighted by atomic mass is 10.1. The van der Waals surface area contributed by atoms with Gasteiger partial charge >= 0.3 is 11.9 Å². The second-order valence-electron chi connectivity index (χ2n) is 5.71. The number of anilines is 1. The Bertz CT molecular complexity index is 958. The van der Waals surface area contributed by atoms with Crippen molar-refractivity contribution in [3.05, 3.63) is 65.6 Å². The van der Waals surface area contributed by atoms with Crippen LogP contribution in [0.15, 0.2) is 48.8 Å². The normalized spacial score (nSPS) is 10.4. The summed E-state index contributed by atoms with van der Waals surface area (Å²) >= 11 is 0. The Hall–Kier alpha value is -3.68. The molecule has 0 bridgehead atoms. The minimum absolute atomic E-state index is 0.0394. The maximum Gasteiger partial charge on any atom is 0.337 e. The third-order valence-electron chi connectivity index (χ3n) is 3.81. The predicted molar refractivity (Wildman–Crippen MR) is 96.6 cm³/mol. The summed E-state index contributed by atoms with van der Waals surface area (Å²) in [7, 11) is 2.46. The Balaban J connectivity index is 1.81. The van der Waals surface area contributed by atoms with E-state index in [4.69, 9.17) is 0 Å². The molecular formula is C19H17N3O5. The average molecular weight is 367 g/mol. The first-order chi connectivity index (χ1) is 13.0. The highest BCUT2D eigenvalue weighted by atomic mass is 16.5. The second-order valence-corrected chi connectivity index (χ2v) is 5.71. The SMILES string of the molecule is COC(=O)c1cc(NC(=O)Cc2cn3ccccc3n2)cc(C(=O)OC)c1. The topological polar surface area (TPSA) is 99.0 Å². The number of carbonyl (C=O) groups is 3. The molecule has 2 aromatic heterocycles. The van der Waals surface area contributed by atoms with E-state index >= 15 is 0 Å². The summed E-state index contributed by atoms with van der Waals surface area (Å²) in [5.41, 5.74) is 1.87. The summed E-state index contributed by atoms with van der Waals surface area (Å²) < 4.78 is 11.2. The number of carbonyl (C=O) groups excluding carboxylic acids is 3. The van der Waals surface area contributed by atoms with E-state index in [1.165, 1.54) is 32.4 Å². The molecule has 2 heterocycles. The number of ether oxygens (including phenoxy) is 2. The van der Waals surface area contributed by atoms with E-state index in [9.17, 15) is 14.4 Å². The van der Waals surface area contributed by atoms with Crippen LogP contribution < -0.4 is 5.32 Å². The first kappa shape index (κ1) is 18.1. The number of esters is 2. The van der Waals surface area contributed by atoms with Crippen molar-refractivity contribution in [3.63, 3.8) is 0 Å². The van der Waals surface area contributed by atoms with Crippen LogP contribution in [-0.2, 0) is 20.7 Å². The van der Waals surface area contributed by atoms with E-state index in [0.29, 0.717) is 5.69 Å². The molecule has 1 N–H and O–H groups in total. The number of fused-ring (bicyclic) bond motifs is 1. The van der Waals surface area contributed by atoms with Crippen molar-refractivity contribution in [1.29, 1.82) is 0 Å². The van der Waals surface area contributed by atoms with Crippen LogP contribution in [0.5, 0.6) is 0 Å². The van der Waals surface area contributed by atoms with Crippen molar-refractivity contribution in [2.75, 3.05) is 19.5 Å². The zero-order valence-electron chi connectivity index (χ0n) is 14.8. The molecule has 8 heteroatoms. The van der Waals surface area contributed by atoms with Crippen LogP contribution in [0.2, 0.25) is 0 Å². The van der Waals surface area contributed by atoms with Gasteiger partial charge in [-0.3, -0.25) is 4.79 Å². The Labute approximate surface area is 154 Å². The number of rotatable bonds is 5. The number of imidazole rings is 1. The van der Waals surface area contributed by atoms with Crippen LogP contribution in [0.4, 0.5) is 5.69 Å². The number of amides is 1. The lowest BCUT2D eigenvalue weighted by Crippen LogP contribution is -2.16. The Kier molecular flexibility index (Phi) is 5.16. The van der Waals surface area contributed by atoms with E-state index < -0.39 is 11.9 Å². The summed E-state index contributed by atoms with van der Waals surface area (Å²) in [6.45, 7) is 0. The second kappa shape index (κ2) is 7.69. The van der Waals surface area contributed by atoms with Gasteiger partial charge in [0.1, 0.15) is 5.65 Å². The summed E-state index contributed by atoms with van der Waals surface area (Å²) in [6.07, 6.45) is 3.64. The zero-order valence-corrected chi connectivity index (χ0v) is 14.8. The number of pyridine rings is 1. The fourth-order valence-corrected chi connectivity index (χ4v) is 2.61. The molecule has 0 spiro atoms. The van der Waals surface area contributed by atoms with Crippen LogP contribution in [0, 0.1) is 0 Å². The van der Waals surface area contributed by atoms with Crippen LogP contribution >= 0.6 is 0 Å². The van der Waals surface area contributed by atoms with E-state index in [1.807, 2.05) is 28.8 Å². The molecule has 138 valence electrons. The lowest BCUT2D eigenvalue weighted by molar-refractivity contribution is -0.115. The minimum atomic E-state index is -0.628. The van der Waals surface area contributed by atoms with Gasteiger partial charge < -0.3 is 19.2 Å². The van der Waals surface area contributed by atoms with Gasteiger partial charge in [-0.15, -0.1) is 0 Å². The number of nitrogens with zero attached hydrogens (tertiary/aromatic N) is 2. The molecule has 0 fully saturated rings. The van der Waals surface area contributed by atoms with E-state index in [0.717, 1.165) is 5.65 Å². The fraction of sp³-hybridized carbons (Fsp3) is 0.158. The fourth-order valence-electron chi connectivity index (χ4n) is 2.61. The molecule has 0 radical (unpaired) electrons. The zero-order chi connectivity index (χ0) is 19.4. The van der Waals surface area contributed by atoms with E-state index in [1.54, 1.807) is 6.20 Å². The summed E-state index contributed by atoms with van der Waals surface area (Å²) in [4.78, 5) is 40.3. The van der Waals surface area contributed by atoms with Gasteiger partial charge in [-0.05, 0) is 30.3 Å². The molecular weight excluding hydrogens is 350 g/mol. The lowest BCUT2D eigenvalue weighted by Gasteiger charge is -2.09. The molecule has 0 aliphatic carbocycles. The number of nitrogens with one attached hydrogen (secondary N) is 1. The number of aromatic nitrogens is 2. The minimum Gasteiger partial charge on any atom is -0.465 e. The largest absolute Gasteiger partial charge is 0.465 e. The van der Waals surface area contributed by atoms with Gasteiger partial charge in [0.15, 0.2) is 0 Å². The van der Waals surface area contributed by atoms with Gasteiger partial charge in [0.2, 0.25) is 5.91 Å². The van der Waals surface area contributed by atoms with Crippen LogP contribution in [0.25, 0.3) is 5.65 Å². The molecule has 0 unspecified atom stereocenters. The van der Waals surface area contributed by atoms with Gasteiger partial charge in [-0.25, -0.2) is 14.6 Å². The highest BCUT2D eigenvalue weighted by Crippen LogP contribution is 2.17. The number of methoxy groups -OCH3 is 2. The predicted octanol–water partition coefficient (Wildman–Crippen LogP) is 2.09. The molecule has 0 saturated carbocycles. The monoisotopic (exact) mass is 367 g/mol. The van der Waals surface area contributed by atoms with E-state index in [-0.39, 0.29) is 29.1 Å². The molecule has 3 rings (SSSR count). The smallest absolute Gasteiger partial charge is 0.337 e. The van der Waals surface area contributed by atoms with Gasteiger partial charge in [-0.2, -0.15) is 0 Å². The molecule has 1 aromatic carbocycles. The molecule has 27 heavy (non-hydrogen) atoms. The molecule has 3 aromatic rings. The first-order valence-corrected chi connectivity index (χ1v) is 8.04. The third kappa shape index (κ3) is 4.12. The average Bonchev–Trinajstić information content (AvgIpc) is 3.08. The number of hydrogen-bond acceptors (Lipinski definition) is 6. The number of benzene rings is 1. The summed E-state index contributed by atoms with van der Waals surface area (Å²) in [6, 6.07) is 9.77. The highest BCUT2D eigenvalue weighted by molar-refractivity contribution is 5.99. The van der Waals surface area contributed by atoms with Gasteiger partial charge in [0, 0.05) is 18.1 Å². The molecule has 0 aliphatic heterocycles. The highest BCUT2D eigenvalue weighted by Gasteiger charge is 2.15. The van der Waals surface area contributed by atoms with Gasteiger partial charge in [-0.1, -0.05) is 6.07 Å². The Morgan fingerprint density at radius 3 is 2.30 bits per heavy atom. The maximum atomic E-state index is 12.4.